The summed E-state index contributed by atoms with van der Waals surface area (Å²) < 4.78 is 0. The smallest absolute Gasteiger partial charge is 0.0630 e. The number of benzene rings is 1. The van der Waals surface area contributed by atoms with Gasteiger partial charge in [-0.25, -0.2) is 0 Å². The molecule has 1 fully saturated rings. The second-order valence-corrected chi connectivity index (χ2v) is 6.16. The molecule has 2 N–H and O–H groups in total. The normalized spacial score (nSPS) is 25.4. The quantitative estimate of drug-likeness (QED) is 0.863. The summed E-state index contributed by atoms with van der Waals surface area (Å²) in [6, 6.07) is 6.80. The van der Waals surface area contributed by atoms with Crippen LogP contribution in [0.2, 0.25) is 0 Å². The summed E-state index contributed by atoms with van der Waals surface area (Å²) in [4.78, 5) is 2.10. The third-order valence-corrected chi connectivity index (χ3v) is 4.27. The Morgan fingerprint density at radius 1 is 1.33 bits per heavy atom. The maximum atomic E-state index is 9.76. The van der Waals surface area contributed by atoms with E-state index in [-0.39, 0.29) is 11.5 Å². The Morgan fingerprint density at radius 3 is 2.44 bits per heavy atom. The highest BCUT2D eigenvalue weighted by atomic mass is 16.3. The van der Waals surface area contributed by atoms with Crippen LogP contribution < -0.4 is 10.2 Å². The molecule has 0 amide bonds. The molecule has 2 rings (SSSR count). The molecule has 2 unspecified atom stereocenters. The van der Waals surface area contributed by atoms with Crippen LogP contribution in [0, 0.1) is 12.3 Å². The lowest BCUT2D eigenvalue weighted by Gasteiger charge is -2.50. The lowest BCUT2D eigenvalue weighted by molar-refractivity contribution is -0.0510. The zero-order chi connectivity index (χ0) is 13.5. The Balaban J connectivity index is 2.12. The minimum Gasteiger partial charge on any atom is -0.392 e. The Kier molecular flexibility index (Phi) is 3.28. The summed E-state index contributed by atoms with van der Waals surface area (Å²) in [7, 11) is 4.10. The standard InChI is InChI=1S/C15H24N2O/c1-10-8-11(17(4)5)6-7-12(10)16-13-9-14(18)15(13,2)3/h6-8,13-14,16,18H,9H2,1-5H3. The van der Waals surface area contributed by atoms with Gasteiger partial charge in [-0.15, -0.1) is 0 Å². The molecule has 3 heteroatoms. The number of aliphatic hydroxyl groups excluding tert-OH is 1. The predicted octanol–water partition coefficient (Wildman–Crippen LogP) is 2.63. The van der Waals surface area contributed by atoms with E-state index < -0.39 is 0 Å². The summed E-state index contributed by atoms with van der Waals surface area (Å²) in [5.74, 6) is 0. The molecule has 1 aromatic rings. The molecule has 100 valence electrons. The van der Waals surface area contributed by atoms with Crippen LogP contribution in [0.25, 0.3) is 0 Å². The predicted molar refractivity (Wildman–Crippen MR) is 77.3 cm³/mol. The van der Waals surface area contributed by atoms with Crippen molar-refractivity contribution in [1.29, 1.82) is 0 Å². The summed E-state index contributed by atoms with van der Waals surface area (Å²) in [6.45, 7) is 6.35. The van der Waals surface area contributed by atoms with Gasteiger partial charge in [-0.3, -0.25) is 0 Å². The summed E-state index contributed by atoms with van der Waals surface area (Å²) >= 11 is 0. The van der Waals surface area contributed by atoms with Crippen molar-refractivity contribution in [2.24, 2.45) is 5.41 Å². The topological polar surface area (TPSA) is 35.5 Å². The second-order valence-electron chi connectivity index (χ2n) is 6.16. The number of hydrogen-bond donors (Lipinski definition) is 2. The van der Waals surface area contributed by atoms with Gasteiger partial charge in [0.2, 0.25) is 0 Å². The summed E-state index contributed by atoms with van der Waals surface area (Å²) in [5, 5.41) is 13.3. The molecule has 0 bridgehead atoms. The highest BCUT2D eigenvalue weighted by Crippen LogP contribution is 2.42. The maximum Gasteiger partial charge on any atom is 0.0630 e. The number of hydrogen-bond acceptors (Lipinski definition) is 3. The van der Waals surface area contributed by atoms with Gasteiger partial charge < -0.3 is 15.3 Å². The van der Waals surface area contributed by atoms with Crippen molar-refractivity contribution < 1.29 is 5.11 Å². The lowest BCUT2D eigenvalue weighted by atomic mass is 9.64. The molecular weight excluding hydrogens is 224 g/mol. The van der Waals surface area contributed by atoms with E-state index in [0.717, 1.165) is 6.42 Å². The van der Waals surface area contributed by atoms with Crippen molar-refractivity contribution in [2.45, 2.75) is 39.3 Å². The number of rotatable bonds is 3. The van der Waals surface area contributed by atoms with Crippen LogP contribution in [-0.2, 0) is 0 Å². The minimum atomic E-state index is -0.184. The molecule has 0 heterocycles. The Labute approximate surface area is 110 Å². The Morgan fingerprint density at radius 2 is 2.00 bits per heavy atom. The summed E-state index contributed by atoms with van der Waals surface area (Å²) in [6.07, 6.45) is 0.651. The molecule has 1 saturated carbocycles. The van der Waals surface area contributed by atoms with Crippen LogP contribution in [0.4, 0.5) is 11.4 Å². The number of aryl methyl sites for hydroxylation is 1. The van der Waals surface area contributed by atoms with E-state index in [2.05, 4.69) is 49.2 Å². The fourth-order valence-corrected chi connectivity index (χ4v) is 2.42. The van der Waals surface area contributed by atoms with Gasteiger partial charge in [0.25, 0.3) is 0 Å². The first-order valence-corrected chi connectivity index (χ1v) is 6.55. The molecule has 3 nitrogen and oxygen atoms in total. The van der Waals surface area contributed by atoms with E-state index in [4.69, 9.17) is 0 Å². The third kappa shape index (κ3) is 2.19. The monoisotopic (exact) mass is 248 g/mol. The minimum absolute atomic E-state index is 0.0351. The van der Waals surface area contributed by atoms with E-state index in [1.165, 1.54) is 16.9 Å². The maximum absolute atomic E-state index is 9.76. The highest BCUT2D eigenvalue weighted by molar-refractivity contribution is 5.60. The van der Waals surface area contributed by atoms with Gasteiger partial charge in [0.05, 0.1) is 6.10 Å². The Bertz CT molecular complexity index is 440. The molecule has 0 spiro atoms. The van der Waals surface area contributed by atoms with E-state index in [0.29, 0.717) is 6.04 Å². The molecule has 0 saturated heterocycles. The molecule has 1 aromatic carbocycles. The molecule has 0 aromatic heterocycles. The zero-order valence-corrected chi connectivity index (χ0v) is 12.0. The average Bonchev–Trinajstić information content (AvgIpc) is 2.30. The largest absolute Gasteiger partial charge is 0.392 e. The first-order chi connectivity index (χ1) is 8.32. The van der Waals surface area contributed by atoms with Gasteiger partial charge in [-0.05, 0) is 37.1 Å². The van der Waals surface area contributed by atoms with Crippen LogP contribution >= 0.6 is 0 Å². The SMILES string of the molecule is Cc1cc(N(C)C)ccc1NC1CC(O)C1(C)C. The first-order valence-electron chi connectivity index (χ1n) is 6.55. The molecule has 0 radical (unpaired) electrons. The second kappa shape index (κ2) is 4.47. The van der Waals surface area contributed by atoms with Crippen molar-refractivity contribution in [3.63, 3.8) is 0 Å². The van der Waals surface area contributed by atoms with Crippen molar-refractivity contribution in [2.75, 3.05) is 24.3 Å². The third-order valence-electron chi connectivity index (χ3n) is 4.27. The van der Waals surface area contributed by atoms with Gasteiger partial charge in [0.15, 0.2) is 0 Å². The molecule has 1 aliphatic rings. The summed E-state index contributed by atoms with van der Waals surface area (Å²) in [5.41, 5.74) is 3.60. The van der Waals surface area contributed by atoms with Crippen molar-refractivity contribution in [1.82, 2.24) is 0 Å². The first kappa shape index (κ1) is 13.2. The molecule has 18 heavy (non-hydrogen) atoms. The van der Waals surface area contributed by atoms with E-state index in [1.807, 2.05) is 14.1 Å². The number of nitrogens with one attached hydrogen (secondary N) is 1. The van der Waals surface area contributed by atoms with Crippen LogP contribution in [0.15, 0.2) is 18.2 Å². The van der Waals surface area contributed by atoms with Gasteiger partial charge in [0, 0.05) is 36.9 Å². The zero-order valence-electron chi connectivity index (χ0n) is 12.0. The number of anilines is 2. The molecular formula is C15H24N2O. The van der Waals surface area contributed by atoms with Crippen LogP contribution in [-0.4, -0.2) is 31.3 Å². The number of aliphatic hydroxyl groups is 1. The van der Waals surface area contributed by atoms with E-state index in [1.54, 1.807) is 0 Å². The molecule has 0 aliphatic heterocycles. The fourth-order valence-electron chi connectivity index (χ4n) is 2.42. The van der Waals surface area contributed by atoms with Crippen molar-refractivity contribution in [3.8, 4) is 0 Å². The molecule has 2 atom stereocenters. The van der Waals surface area contributed by atoms with Crippen LogP contribution in [0.5, 0.6) is 0 Å². The van der Waals surface area contributed by atoms with Crippen LogP contribution in [0.3, 0.4) is 0 Å². The van der Waals surface area contributed by atoms with Crippen LogP contribution in [0.1, 0.15) is 25.8 Å². The van der Waals surface area contributed by atoms with Gasteiger partial charge >= 0.3 is 0 Å². The van der Waals surface area contributed by atoms with E-state index in [9.17, 15) is 5.11 Å². The van der Waals surface area contributed by atoms with Crippen molar-refractivity contribution in [3.05, 3.63) is 23.8 Å². The Hall–Kier alpha value is -1.22. The van der Waals surface area contributed by atoms with Crippen molar-refractivity contribution >= 4 is 11.4 Å². The van der Waals surface area contributed by atoms with Gasteiger partial charge in [-0.1, -0.05) is 13.8 Å². The fraction of sp³-hybridized carbons (Fsp3) is 0.600. The average molecular weight is 248 g/mol. The lowest BCUT2D eigenvalue weighted by Crippen LogP contribution is -2.56. The molecule has 1 aliphatic carbocycles. The van der Waals surface area contributed by atoms with Gasteiger partial charge in [0.1, 0.15) is 0 Å². The van der Waals surface area contributed by atoms with E-state index >= 15 is 0 Å². The highest BCUT2D eigenvalue weighted by Gasteiger charge is 2.47. The van der Waals surface area contributed by atoms with Gasteiger partial charge in [-0.2, -0.15) is 0 Å². The number of nitrogens with zero attached hydrogens (tertiary/aromatic N) is 1.